The molecule has 6 heteroatoms. The molecule has 1 aromatic rings. The standard InChI is InChI=1S/C11H12ClNO4/c1-16-11(15)7-4-5-13(6-7)10(14)8-2-3-9(12)17-8/h2-3,7H,4-6H2,1H3. The normalized spacial score (nSPS) is 19.4. The minimum atomic E-state index is -0.280. The molecule has 2 heterocycles. The highest BCUT2D eigenvalue weighted by molar-refractivity contribution is 6.29. The highest BCUT2D eigenvalue weighted by Crippen LogP contribution is 2.21. The number of methoxy groups -OCH3 is 1. The highest BCUT2D eigenvalue weighted by atomic mass is 35.5. The van der Waals surface area contributed by atoms with E-state index in [1.54, 1.807) is 4.90 Å². The first-order valence-corrected chi connectivity index (χ1v) is 5.62. The van der Waals surface area contributed by atoms with E-state index in [1.807, 2.05) is 0 Å². The Hall–Kier alpha value is -1.49. The molecule has 0 N–H and O–H groups in total. The fourth-order valence-corrected chi connectivity index (χ4v) is 2.03. The molecule has 1 aromatic heterocycles. The van der Waals surface area contributed by atoms with Crippen LogP contribution < -0.4 is 0 Å². The molecule has 17 heavy (non-hydrogen) atoms. The predicted octanol–water partition coefficient (Wildman–Crippen LogP) is 1.57. The number of hydrogen-bond acceptors (Lipinski definition) is 4. The molecule has 1 atom stereocenters. The van der Waals surface area contributed by atoms with Crippen LogP contribution in [0.3, 0.4) is 0 Å². The molecule has 0 saturated carbocycles. The van der Waals surface area contributed by atoms with E-state index < -0.39 is 0 Å². The molecule has 0 aromatic carbocycles. The van der Waals surface area contributed by atoms with Crippen molar-refractivity contribution in [3.05, 3.63) is 23.1 Å². The van der Waals surface area contributed by atoms with Crippen molar-refractivity contribution in [2.24, 2.45) is 5.92 Å². The van der Waals surface area contributed by atoms with Gasteiger partial charge in [0.25, 0.3) is 5.91 Å². The minimum absolute atomic E-state index is 0.178. The fourth-order valence-electron chi connectivity index (χ4n) is 1.89. The van der Waals surface area contributed by atoms with Crippen LogP contribution in [-0.4, -0.2) is 37.0 Å². The van der Waals surface area contributed by atoms with Crippen LogP contribution in [0.15, 0.2) is 16.5 Å². The van der Waals surface area contributed by atoms with E-state index in [0.717, 1.165) is 0 Å². The van der Waals surface area contributed by atoms with Crippen molar-refractivity contribution in [1.82, 2.24) is 4.90 Å². The van der Waals surface area contributed by atoms with Gasteiger partial charge >= 0.3 is 5.97 Å². The molecule has 0 bridgehead atoms. The Kier molecular flexibility index (Phi) is 3.38. The number of likely N-dealkylation sites (tertiary alicyclic amines) is 1. The van der Waals surface area contributed by atoms with E-state index in [4.69, 9.17) is 16.0 Å². The van der Waals surface area contributed by atoms with Crippen LogP contribution in [0.25, 0.3) is 0 Å². The van der Waals surface area contributed by atoms with Gasteiger partial charge in [-0.05, 0) is 30.2 Å². The molecule has 0 spiro atoms. The van der Waals surface area contributed by atoms with Crippen molar-refractivity contribution in [3.8, 4) is 0 Å². The molecule has 1 saturated heterocycles. The maximum atomic E-state index is 11.9. The van der Waals surface area contributed by atoms with Gasteiger partial charge in [0, 0.05) is 13.1 Å². The summed E-state index contributed by atoms with van der Waals surface area (Å²) in [5.74, 6) is -0.573. The summed E-state index contributed by atoms with van der Waals surface area (Å²) in [6.07, 6.45) is 0.618. The van der Waals surface area contributed by atoms with Crippen LogP contribution in [0.4, 0.5) is 0 Å². The van der Waals surface area contributed by atoms with E-state index in [0.29, 0.717) is 19.5 Å². The molecule has 1 amide bonds. The number of carbonyl (C=O) groups is 2. The van der Waals surface area contributed by atoms with Crippen molar-refractivity contribution in [2.75, 3.05) is 20.2 Å². The molecule has 0 aliphatic carbocycles. The summed E-state index contributed by atoms with van der Waals surface area (Å²) >= 11 is 5.60. The first-order chi connectivity index (χ1) is 8.11. The van der Waals surface area contributed by atoms with Crippen molar-refractivity contribution in [1.29, 1.82) is 0 Å². The van der Waals surface area contributed by atoms with Gasteiger partial charge in [0.1, 0.15) is 0 Å². The van der Waals surface area contributed by atoms with Crippen LogP contribution in [0, 0.1) is 5.92 Å². The monoisotopic (exact) mass is 257 g/mol. The van der Waals surface area contributed by atoms with E-state index >= 15 is 0 Å². The smallest absolute Gasteiger partial charge is 0.310 e. The summed E-state index contributed by atoms with van der Waals surface area (Å²) in [6, 6.07) is 3.04. The zero-order valence-electron chi connectivity index (χ0n) is 9.31. The topological polar surface area (TPSA) is 59.8 Å². The van der Waals surface area contributed by atoms with E-state index in [9.17, 15) is 9.59 Å². The summed E-state index contributed by atoms with van der Waals surface area (Å²) in [5.41, 5.74) is 0. The fraction of sp³-hybridized carbons (Fsp3) is 0.455. The maximum Gasteiger partial charge on any atom is 0.310 e. The number of carbonyl (C=O) groups excluding carboxylic acids is 2. The number of hydrogen-bond donors (Lipinski definition) is 0. The van der Waals surface area contributed by atoms with Crippen molar-refractivity contribution >= 4 is 23.5 Å². The average molecular weight is 258 g/mol. The third-order valence-electron chi connectivity index (χ3n) is 2.79. The number of esters is 1. The third kappa shape index (κ3) is 2.44. The summed E-state index contributed by atoms with van der Waals surface area (Å²) < 4.78 is 9.69. The second-order valence-electron chi connectivity index (χ2n) is 3.86. The molecule has 0 radical (unpaired) electrons. The molecule has 1 fully saturated rings. The molecule has 2 rings (SSSR count). The predicted molar refractivity (Wildman–Crippen MR) is 59.7 cm³/mol. The quantitative estimate of drug-likeness (QED) is 0.755. The van der Waals surface area contributed by atoms with Gasteiger partial charge in [-0.1, -0.05) is 0 Å². The van der Waals surface area contributed by atoms with Crippen LogP contribution in [0.2, 0.25) is 5.22 Å². The van der Waals surface area contributed by atoms with Gasteiger partial charge in [0.05, 0.1) is 13.0 Å². The van der Waals surface area contributed by atoms with Gasteiger partial charge < -0.3 is 14.1 Å². The number of furan rings is 1. The molecular weight excluding hydrogens is 246 g/mol. The molecule has 1 aliphatic heterocycles. The van der Waals surface area contributed by atoms with Gasteiger partial charge in [-0.2, -0.15) is 0 Å². The largest absolute Gasteiger partial charge is 0.469 e. The number of nitrogens with zero attached hydrogens (tertiary/aromatic N) is 1. The first kappa shape index (κ1) is 12.0. The highest BCUT2D eigenvalue weighted by Gasteiger charge is 2.33. The second-order valence-corrected chi connectivity index (χ2v) is 4.24. The van der Waals surface area contributed by atoms with Crippen molar-refractivity contribution < 1.29 is 18.7 Å². The van der Waals surface area contributed by atoms with Gasteiger partial charge in [-0.25, -0.2) is 0 Å². The van der Waals surface area contributed by atoms with Crippen molar-refractivity contribution in [2.45, 2.75) is 6.42 Å². The van der Waals surface area contributed by atoms with E-state index in [1.165, 1.54) is 19.2 Å². The Labute approximate surface area is 103 Å². The number of ether oxygens (including phenoxy) is 1. The second kappa shape index (κ2) is 4.79. The Morgan fingerprint density at radius 1 is 1.53 bits per heavy atom. The Morgan fingerprint density at radius 2 is 2.29 bits per heavy atom. The lowest BCUT2D eigenvalue weighted by Gasteiger charge is -2.14. The summed E-state index contributed by atoms with van der Waals surface area (Å²) in [6.45, 7) is 0.890. The van der Waals surface area contributed by atoms with E-state index in [-0.39, 0.29) is 28.8 Å². The number of rotatable bonds is 2. The van der Waals surface area contributed by atoms with Crippen LogP contribution >= 0.6 is 11.6 Å². The Balaban J connectivity index is 2.01. The van der Waals surface area contributed by atoms with Gasteiger partial charge in [0.15, 0.2) is 11.0 Å². The zero-order valence-corrected chi connectivity index (χ0v) is 10.1. The maximum absolute atomic E-state index is 11.9. The Bertz CT molecular complexity index is 442. The lowest BCUT2D eigenvalue weighted by atomic mass is 10.1. The van der Waals surface area contributed by atoms with Crippen LogP contribution in [-0.2, 0) is 9.53 Å². The Morgan fingerprint density at radius 3 is 2.88 bits per heavy atom. The zero-order chi connectivity index (χ0) is 12.4. The lowest BCUT2D eigenvalue weighted by molar-refractivity contribution is -0.144. The number of amides is 1. The molecular formula is C11H12ClNO4. The molecule has 1 aliphatic rings. The molecule has 92 valence electrons. The van der Waals surface area contributed by atoms with Gasteiger partial charge in [-0.3, -0.25) is 9.59 Å². The van der Waals surface area contributed by atoms with E-state index in [2.05, 4.69) is 4.74 Å². The molecule has 5 nitrogen and oxygen atoms in total. The molecule has 1 unspecified atom stereocenters. The third-order valence-corrected chi connectivity index (χ3v) is 3.00. The lowest BCUT2D eigenvalue weighted by Crippen LogP contribution is -2.29. The first-order valence-electron chi connectivity index (χ1n) is 5.24. The summed E-state index contributed by atoms with van der Waals surface area (Å²) in [5, 5.41) is 0.178. The van der Waals surface area contributed by atoms with Gasteiger partial charge in [-0.15, -0.1) is 0 Å². The minimum Gasteiger partial charge on any atom is -0.469 e. The van der Waals surface area contributed by atoms with Crippen LogP contribution in [0.1, 0.15) is 17.0 Å². The van der Waals surface area contributed by atoms with Gasteiger partial charge in [0.2, 0.25) is 0 Å². The van der Waals surface area contributed by atoms with Crippen LogP contribution in [0.5, 0.6) is 0 Å². The SMILES string of the molecule is COC(=O)C1CCN(C(=O)c2ccc(Cl)o2)C1. The van der Waals surface area contributed by atoms with Crippen molar-refractivity contribution in [3.63, 3.8) is 0 Å². The summed E-state index contributed by atoms with van der Waals surface area (Å²) in [7, 11) is 1.35. The average Bonchev–Trinajstić information content (AvgIpc) is 2.95. The number of halogens is 1. The summed E-state index contributed by atoms with van der Waals surface area (Å²) in [4.78, 5) is 24.8.